The number of fused-ring (bicyclic) bond motifs is 1. The zero-order valence-corrected chi connectivity index (χ0v) is 15.8. The van der Waals surface area contributed by atoms with Crippen LogP contribution < -0.4 is 15.4 Å². The quantitative estimate of drug-likeness (QED) is 0.712. The predicted molar refractivity (Wildman–Crippen MR) is 108 cm³/mol. The minimum Gasteiger partial charge on any atom is -0.378 e. The van der Waals surface area contributed by atoms with Crippen molar-refractivity contribution in [3.8, 4) is 0 Å². The fourth-order valence-electron chi connectivity index (χ4n) is 3.51. The lowest BCUT2D eigenvalue weighted by atomic mass is 10.1. The van der Waals surface area contributed by atoms with Gasteiger partial charge >= 0.3 is 0 Å². The van der Waals surface area contributed by atoms with Crippen LogP contribution in [-0.2, 0) is 11.3 Å². The van der Waals surface area contributed by atoms with Gasteiger partial charge in [0.05, 0.1) is 13.2 Å². The fraction of sp³-hybridized carbons (Fsp3) is 0.333. The van der Waals surface area contributed by atoms with E-state index < -0.39 is 0 Å². The van der Waals surface area contributed by atoms with E-state index in [4.69, 9.17) is 9.72 Å². The number of benzene rings is 1. The van der Waals surface area contributed by atoms with Crippen LogP contribution in [0.2, 0.25) is 0 Å². The molecule has 0 bridgehead atoms. The summed E-state index contributed by atoms with van der Waals surface area (Å²) in [6.07, 6.45) is 1.86. The summed E-state index contributed by atoms with van der Waals surface area (Å²) in [7, 11) is 2.05. The molecule has 0 unspecified atom stereocenters. The van der Waals surface area contributed by atoms with Crippen LogP contribution in [0.5, 0.6) is 0 Å². The number of hydrogen-bond donors (Lipinski definition) is 0. The zero-order chi connectivity index (χ0) is 18.8. The minimum absolute atomic E-state index is 0.0474. The van der Waals surface area contributed by atoms with E-state index in [1.165, 1.54) is 0 Å². The van der Waals surface area contributed by atoms with Gasteiger partial charge in [-0.25, -0.2) is 4.98 Å². The molecule has 140 valence electrons. The molecule has 1 fully saturated rings. The van der Waals surface area contributed by atoms with Gasteiger partial charge in [-0.3, -0.25) is 9.20 Å². The highest BCUT2D eigenvalue weighted by molar-refractivity contribution is 5.56. The molecular weight excluding hydrogens is 340 g/mol. The fourth-order valence-corrected chi connectivity index (χ4v) is 3.51. The molecule has 6 nitrogen and oxygen atoms in total. The number of hydrogen-bond acceptors (Lipinski definition) is 5. The molecule has 0 radical (unpaired) electrons. The molecule has 0 saturated carbocycles. The average Bonchev–Trinajstić information content (AvgIpc) is 2.70. The Kier molecular flexibility index (Phi) is 4.81. The molecule has 0 aliphatic carbocycles. The van der Waals surface area contributed by atoms with Crippen LogP contribution in [0.25, 0.3) is 5.65 Å². The molecule has 0 N–H and O–H groups in total. The Morgan fingerprint density at radius 2 is 1.89 bits per heavy atom. The lowest BCUT2D eigenvalue weighted by Gasteiger charge is -2.28. The second-order valence-corrected chi connectivity index (χ2v) is 6.98. The Bertz CT molecular complexity index is 994. The van der Waals surface area contributed by atoms with Gasteiger partial charge in [-0.1, -0.05) is 18.2 Å². The van der Waals surface area contributed by atoms with Gasteiger partial charge in [-0.05, 0) is 30.7 Å². The topological polar surface area (TPSA) is 50.1 Å². The molecule has 1 aliphatic heterocycles. The smallest absolute Gasteiger partial charge is 0.259 e. The Morgan fingerprint density at radius 1 is 1.15 bits per heavy atom. The second-order valence-electron chi connectivity index (χ2n) is 6.98. The van der Waals surface area contributed by atoms with Crippen LogP contribution in [0.3, 0.4) is 0 Å². The van der Waals surface area contributed by atoms with E-state index in [-0.39, 0.29) is 5.56 Å². The third-order valence-electron chi connectivity index (χ3n) is 4.90. The van der Waals surface area contributed by atoms with Crippen molar-refractivity contribution in [3.63, 3.8) is 0 Å². The van der Waals surface area contributed by atoms with E-state index in [1.807, 2.05) is 31.3 Å². The number of pyridine rings is 1. The number of para-hydroxylation sites is 1. The van der Waals surface area contributed by atoms with Crippen LogP contribution >= 0.6 is 0 Å². The molecule has 3 aromatic rings. The maximum atomic E-state index is 12.8. The molecule has 1 aliphatic rings. The zero-order valence-electron chi connectivity index (χ0n) is 15.8. The van der Waals surface area contributed by atoms with Crippen molar-refractivity contribution in [1.29, 1.82) is 0 Å². The van der Waals surface area contributed by atoms with Crippen LogP contribution in [0, 0.1) is 6.92 Å². The molecule has 6 heteroatoms. The van der Waals surface area contributed by atoms with Gasteiger partial charge in [0.1, 0.15) is 11.5 Å². The standard InChI is InChI=1S/C21H24N4O2/c1-16-12-17(15-23(2)18-6-4-3-5-7-18)21-22-19(13-20(26)25(21)14-16)24-8-10-27-11-9-24/h3-7,12-14H,8-11,15H2,1-2H3. The van der Waals surface area contributed by atoms with Crippen LogP contribution in [0.1, 0.15) is 11.1 Å². The summed E-state index contributed by atoms with van der Waals surface area (Å²) in [6, 6.07) is 14.0. The number of rotatable bonds is 4. The normalized spacial score (nSPS) is 14.5. The van der Waals surface area contributed by atoms with E-state index in [0.29, 0.717) is 19.8 Å². The van der Waals surface area contributed by atoms with Crippen molar-refractivity contribution in [2.45, 2.75) is 13.5 Å². The summed E-state index contributed by atoms with van der Waals surface area (Å²) in [5, 5.41) is 0. The number of nitrogens with zero attached hydrogens (tertiary/aromatic N) is 4. The molecule has 3 heterocycles. The average molecular weight is 364 g/mol. The Balaban J connectivity index is 1.76. The van der Waals surface area contributed by atoms with Gasteiger partial charge in [0, 0.05) is 50.2 Å². The maximum absolute atomic E-state index is 12.8. The highest BCUT2D eigenvalue weighted by atomic mass is 16.5. The molecule has 1 aromatic carbocycles. The lowest BCUT2D eigenvalue weighted by molar-refractivity contribution is 0.122. The van der Waals surface area contributed by atoms with E-state index >= 15 is 0 Å². The first-order chi connectivity index (χ1) is 13.1. The van der Waals surface area contributed by atoms with Gasteiger partial charge < -0.3 is 14.5 Å². The largest absolute Gasteiger partial charge is 0.378 e. The monoisotopic (exact) mass is 364 g/mol. The minimum atomic E-state index is -0.0474. The third kappa shape index (κ3) is 3.66. The maximum Gasteiger partial charge on any atom is 0.259 e. The summed E-state index contributed by atoms with van der Waals surface area (Å²) in [5.74, 6) is 0.732. The van der Waals surface area contributed by atoms with Crippen molar-refractivity contribution in [3.05, 3.63) is 70.1 Å². The van der Waals surface area contributed by atoms with E-state index in [2.05, 4.69) is 35.0 Å². The SMILES string of the molecule is Cc1cc(CN(C)c2ccccc2)c2nc(N3CCOCC3)cc(=O)n2c1. The lowest BCUT2D eigenvalue weighted by Crippen LogP contribution is -2.37. The van der Waals surface area contributed by atoms with Crippen LogP contribution in [-0.4, -0.2) is 42.7 Å². The summed E-state index contributed by atoms with van der Waals surface area (Å²) in [6.45, 7) is 5.53. The van der Waals surface area contributed by atoms with Gasteiger partial charge in [0.2, 0.25) is 0 Å². The van der Waals surface area contributed by atoms with Gasteiger partial charge in [0.25, 0.3) is 5.56 Å². The van der Waals surface area contributed by atoms with Crippen LogP contribution in [0.4, 0.5) is 11.5 Å². The van der Waals surface area contributed by atoms with Crippen molar-refractivity contribution in [2.24, 2.45) is 0 Å². The summed E-state index contributed by atoms with van der Waals surface area (Å²) in [5.41, 5.74) is 3.88. The van der Waals surface area contributed by atoms with Crippen molar-refractivity contribution in [1.82, 2.24) is 9.38 Å². The van der Waals surface area contributed by atoms with Gasteiger partial charge in [-0.15, -0.1) is 0 Å². The number of aryl methyl sites for hydroxylation is 1. The number of aromatic nitrogens is 2. The van der Waals surface area contributed by atoms with Crippen LogP contribution in [0.15, 0.2) is 53.5 Å². The molecule has 4 rings (SSSR count). The molecule has 0 atom stereocenters. The molecule has 27 heavy (non-hydrogen) atoms. The van der Waals surface area contributed by atoms with Crippen molar-refractivity contribution >= 4 is 17.2 Å². The summed E-state index contributed by atoms with van der Waals surface area (Å²) < 4.78 is 7.08. The molecule has 0 amide bonds. The third-order valence-corrected chi connectivity index (χ3v) is 4.90. The van der Waals surface area contributed by atoms with E-state index in [9.17, 15) is 4.79 Å². The highest BCUT2D eigenvalue weighted by Crippen LogP contribution is 2.20. The second kappa shape index (κ2) is 7.40. The first-order valence-corrected chi connectivity index (χ1v) is 9.23. The first-order valence-electron chi connectivity index (χ1n) is 9.23. The van der Waals surface area contributed by atoms with Gasteiger partial charge in [0.15, 0.2) is 0 Å². The Morgan fingerprint density at radius 3 is 2.63 bits per heavy atom. The van der Waals surface area contributed by atoms with Crippen molar-refractivity contribution in [2.75, 3.05) is 43.2 Å². The molecule has 1 saturated heterocycles. The Labute approximate surface area is 158 Å². The summed E-state index contributed by atoms with van der Waals surface area (Å²) in [4.78, 5) is 21.9. The van der Waals surface area contributed by atoms with Gasteiger partial charge in [-0.2, -0.15) is 0 Å². The van der Waals surface area contributed by atoms with E-state index in [0.717, 1.165) is 41.4 Å². The predicted octanol–water partition coefficient (Wildman–Crippen LogP) is 2.48. The molecular formula is C21H24N4O2. The number of anilines is 2. The number of morpholine rings is 1. The summed E-state index contributed by atoms with van der Waals surface area (Å²) >= 11 is 0. The Hall–Kier alpha value is -2.86. The molecule has 2 aromatic heterocycles. The first kappa shape index (κ1) is 17.5. The van der Waals surface area contributed by atoms with E-state index in [1.54, 1.807) is 10.5 Å². The van der Waals surface area contributed by atoms with Crippen molar-refractivity contribution < 1.29 is 4.74 Å². The number of ether oxygens (including phenoxy) is 1. The molecule has 0 spiro atoms. The highest BCUT2D eigenvalue weighted by Gasteiger charge is 2.16.